The molecular formula is C22H19BrN4O. The Hall–Kier alpha value is -2.83. The van der Waals surface area contributed by atoms with E-state index < -0.39 is 6.10 Å². The topological polar surface area (TPSA) is 70.9 Å². The maximum Gasteiger partial charge on any atom is 0.162 e. The zero-order valence-corrected chi connectivity index (χ0v) is 16.8. The number of fused-ring (bicyclic) bond motifs is 1. The number of aliphatic hydroxyl groups is 1. The van der Waals surface area contributed by atoms with Gasteiger partial charge in [0.1, 0.15) is 5.82 Å². The molecule has 0 saturated heterocycles. The van der Waals surface area contributed by atoms with Crippen LogP contribution in [0.3, 0.4) is 0 Å². The molecule has 4 rings (SSSR count). The van der Waals surface area contributed by atoms with E-state index in [-0.39, 0.29) is 6.04 Å². The van der Waals surface area contributed by atoms with Gasteiger partial charge in [0.05, 0.1) is 17.7 Å². The molecule has 0 aliphatic rings. The minimum atomic E-state index is -0.675. The largest absolute Gasteiger partial charge is 0.386 e. The lowest BCUT2D eigenvalue weighted by Crippen LogP contribution is -2.25. The van der Waals surface area contributed by atoms with Gasteiger partial charge >= 0.3 is 0 Å². The Bertz CT molecular complexity index is 1090. The number of benzene rings is 2. The van der Waals surface area contributed by atoms with Crippen LogP contribution in [0.4, 0.5) is 5.82 Å². The van der Waals surface area contributed by atoms with Crippen molar-refractivity contribution in [1.29, 1.82) is 0 Å². The zero-order valence-electron chi connectivity index (χ0n) is 15.2. The second-order valence-corrected chi connectivity index (χ2v) is 7.49. The predicted molar refractivity (Wildman–Crippen MR) is 115 cm³/mol. The van der Waals surface area contributed by atoms with Crippen LogP contribution in [-0.2, 0) is 0 Å². The summed E-state index contributed by atoms with van der Waals surface area (Å²) in [5.41, 5.74) is 2.58. The number of rotatable bonds is 5. The molecule has 0 unspecified atom stereocenters. The number of anilines is 1. The number of pyridine rings is 1. The summed E-state index contributed by atoms with van der Waals surface area (Å²) >= 11 is 3.42. The third kappa shape index (κ3) is 3.88. The Balaban J connectivity index is 1.70. The Labute approximate surface area is 171 Å². The van der Waals surface area contributed by atoms with Crippen LogP contribution in [0.1, 0.15) is 18.6 Å². The Morgan fingerprint density at radius 2 is 1.64 bits per heavy atom. The summed E-state index contributed by atoms with van der Waals surface area (Å²) in [6.45, 7) is 1.94. The molecule has 28 heavy (non-hydrogen) atoms. The molecule has 4 aromatic rings. The molecule has 2 aromatic heterocycles. The molecule has 2 atom stereocenters. The molecule has 2 aromatic carbocycles. The smallest absolute Gasteiger partial charge is 0.162 e. The number of halogens is 1. The van der Waals surface area contributed by atoms with E-state index in [1.165, 1.54) is 0 Å². The van der Waals surface area contributed by atoms with Gasteiger partial charge < -0.3 is 10.4 Å². The summed E-state index contributed by atoms with van der Waals surface area (Å²) in [5, 5.41) is 15.1. The highest BCUT2D eigenvalue weighted by atomic mass is 79.9. The summed E-state index contributed by atoms with van der Waals surface area (Å²) in [5.74, 6) is 1.31. The van der Waals surface area contributed by atoms with E-state index in [4.69, 9.17) is 4.98 Å². The van der Waals surface area contributed by atoms with Gasteiger partial charge in [-0.1, -0.05) is 40.2 Å². The van der Waals surface area contributed by atoms with Crippen LogP contribution in [0.15, 0.2) is 77.5 Å². The number of aromatic nitrogens is 3. The molecule has 2 N–H and O–H groups in total. The van der Waals surface area contributed by atoms with Crippen molar-refractivity contribution in [2.75, 3.05) is 5.32 Å². The quantitative estimate of drug-likeness (QED) is 0.462. The molecule has 2 heterocycles. The van der Waals surface area contributed by atoms with Crippen molar-refractivity contribution in [3.63, 3.8) is 0 Å². The minimum absolute atomic E-state index is 0.246. The van der Waals surface area contributed by atoms with Crippen molar-refractivity contribution >= 4 is 32.7 Å². The highest BCUT2D eigenvalue weighted by Gasteiger charge is 2.18. The van der Waals surface area contributed by atoms with Crippen molar-refractivity contribution in [3.8, 4) is 11.4 Å². The number of hydrogen-bond acceptors (Lipinski definition) is 5. The van der Waals surface area contributed by atoms with E-state index in [9.17, 15) is 5.11 Å². The fraction of sp³-hybridized carbons (Fsp3) is 0.136. The molecule has 0 aliphatic heterocycles. The van der Waals surface area contributed by atoms with Crippen LogP contribution < -0.4 is 5.32 Å². The van der Waals surface area contributed by atoms with Crippen LogP contribution >= 0.6 is 15.9 Å². The average Bonchev–Trinajstić information content (AvgIpc) is 2.74. The summed E-state index contributed by atoms with van der Waals surface area (Å²) in [4.78, 5) is 13.5. The number of nitrogens with one attached hydrogen (secondary N) is 1. The fourth-order valence-corrected chi connectivity index (χ4v) is 3.32. The van der Waals surface area contributed by atoms with Crippen LogP contribution in [-0.4, -0.2) is 26.1 Å². The number of hydrogen-bond donors (Lipinski definition) is 2. The lowest BCUT2D eigenvalue weighted by molar-refractivity contribution is 0.160. The van der Waals surface area contributed by atoms with Gasteiger partial charge in [-0.05, 0) is 48.9 Å². The van der Waals surface area contributed by atoms with E-state index in [0.717, 1.165) is 26.5 Å². The summed E-state index contributed by atoms with van der Waals surface area (Å²) in [6.07, 6.45) is 2.77. The first kappa shape index (κ1) is 18.5. The molecule has 0 aliphatic carbocycles. The maximum absolute atomic E-state index is 10.8. The van der Waals surface area contributed by atoms with Gasteiger partial charge in [0, 0.05) is 27.8 Å². The first-order chi connectivity index (χ1) is 13.6. The molecule has 0 radical (unpaired) electrons. The highest BCUT2D eigenvalue weighted by molar-refractivity contribution is 9.10. The van der Waals surface area contributed by atoms with Crippen LogP contribution in [0.25, 0.3) is 22.3 Å². The number of nitrogens with zero attached hydrogens (tertiary/aromatic N) is 3. The third-order valence-corrected chi connectivity index (χ3v) is 5.12. The molecule has 0 saturated carbocycles. The van der Waals surface area contributed by atoms with Gasteiger partial charge in [-0.2, -0.15) is 0 Å². The van der Waals surface area contributed by atoms with Crippen molar-refractivity contribution in [1.82, 2.24) is 15.0 Å². The monoisotopic (exact) mass is 434 g/mol. The molecule has 0 bridgehead atoms. The van der Waals surface area contributed by atoms with Gasteiger partial charge in [0.25, 0.3) is 0 Å². The van der Waals surface area contributed by atoms with E-state index in [1.807, 2.05) is 67.6 Å². The van der Waals surface area contributed by atoms with Gasteiger partial charge in [-0.25, -0.2) is 9.97 Å². The molecule has 0 spiro atoms. The lowest BCUT2D eigenvalue weighted by Gasteiger charge is -2.22. The molecule has 6 heteroatoms. The molecule has 5 nitrogen and oxygen atoms in total. The summed E-state index contributed by atoms with van der Waals surface area (Å²) in [6, 6.07) is 19.0. The molecule has 0 fully saturated rings. The van der Waals surface area contributed by atoms with E-state index >= 15 is 0 Å². The van der Waals surface area contributed by atoms with Crippen LogP contribution in [0.5, 0.6) is 0 Å². The first-order valence-corrected chi connectivity index (χ1v) is 9.78. The van der Waals surface area contributed by atoms with Crippen molar-refractivity contribution in [3.05, 3.63) is 83.1 Å². The van der Waals surface area contributed by atoms with Crippen molar-refractivity contribution in [2.24, 2.45) is 0 Å². The predicted octanol–water partition coefficient (Wildman–Crippen LogP) is 4.99. The standard InChI is InChI=1S/C22H19BrN4O/c1-14(20(28)15-6-8-17(23)9-7-15)25-22-18-4-2-3-5-19(18)26-21(27-22)16-10-12-24-13-11-16/h2-14,20,28H,1H3,(H,25,26,27)/t14-,20+/m1/s1. The first-order valence-electron chi connectivity index (χ1n) is 8.99. The van der Waals surface area contributed by atoms with Gasteiger partial charge in [0.15, 0.2) is 5.82 Å². The van der Waals surface area contributed by atoms with Crippen molar-refractivity contribution < 1.29 is 5.11 Å². The molecular weight excluding hydrogens is 416 g/mol. The summed E-state index contributed by atoms with van der Waals surface area (Å²) in [7, 11) is 0. The SMILES string of the molecule is C[C@@H](Nc1nc(-c2ccncc2)nc2ccccc12)[C@H](O)c1ccc(Br)cc1. The van der Waals surface area contributed by atoms with Crippen molar-refractivity contribution in [2.45, 2.75) is 19.1 Å². The average molecular weight is 435 g/mol. The second kappa shape index (κ2) is 8.04. The molecule has 0 amide bonds. The van der Waals surface area contributed by atoms with Gasteiger partial charge in [-0.3, -0.25) is 4.98 Å². The normalized spacial score (nSPS) is 13.2. The van der Waals surface area contributed by atoms with Gasteiger partial charge in [-0.15, -0.1) is 0 Å². The van der Waals surface area contributed by atoms with Crippen LogP contribution in [0, 0.1) is 0 Å². The minimum Gasteiger partial charge on any atom is -0.386 e. The Kier molecular flexibility index (Phi) is 5.32. The third-order valence-electron chi connectivity index (χ3n) is 4.59. The number of para-hydroxylation sites is 1. The maximum atomic E-state index is 10.8. The summed E-state index contributed by atoms with van der Waals surface area (Å²) < 4.78 is 0.979. The zero-order chi connectivity index (χ0) is 19.5. The Morgan fingerprint density at radius 1 is 0.929 bits per heavy atom. The van der Waals surface area contributed by atoms with E-state index in [2.05, 4.69) is 31.2 Å². The number of aliphatic hydroxyl groups excluding tert-OH is 1. The fourth-order valence-electron chi connectivity index (χ4n) is 3.06. The molecule has 140 valence electrons. The van der Waals surface area contributed by atoms with Crippen LogP contribution in [0.2, 0.25) is 0 Å². The Morgan fingerprint density at radius 3 is 2.39 bits per heavy atom. The lowest BCUT2D eigenvalue weighted by atomic mass is 10.0. The highest BCUT2D eigenvalue weighted by Crippen LogP contribution is 2.27. The van der Waals surface area contributed by atoms with E-state index in [1.54, 1.807) is 12.4 Å². The van der Waals surface area contributed by atoms with Gasteiger partial charge in [0.2, 0.25) is 0 Å². The van der Waals surface area contributed by atoms with E-state index in [0.29, 0.717) is 11.6 Å². The second-order valence-electron chi connectivity index (χ2n) is 6.58.